The molecule has 0 atom stereocenters. The first-order valence-corrected chi connectivity index (χ1v) is 5.71. The van der Waals surface area contributed by atoms with Crippen LogP contribution in [0.2, 0.25) is 5.02 Å². The number of ether oxygens (including phenoxy) is 1. The predicted octanol–water partition coefficient (Wildman–Crippen LogP) is 2.40. The highest BCUT2D eigenvalue weighted by Gasteiger charge is 2.16. The number of nitrogens with zero attached hydrogens (tertiary/aromatic N) is 3. The minimum Gasteiger partial charge on any atom is -0.496 e. The molecule has 0 saturated carbocycles. The van der Waals surface area contributed by atoms with Gasteiger partial charge in [0, 0.05) is 10.6 Å². The summed E-state index contributed by atoms with van der Waals surface area (Å²) in [5, 5.41) is 8.11. The maximum absolute atomic E-state index is 6.25. The number of hydrogen-bond acceptors (Lipinski definition) is 5. The van der Waals surface area contributed by atoms with Gasteiger partial charge in [0.2, 0.25) is 5.95 Å². The van der Waals surface area contributed by atoms with E-state index in [-0.39, 0.29) is 5.95 Å². The van der Waals surface area contributed by atoms with Crippen LogP contribution in [0.4, 0.5) is 5.95 Å². The van der Waals surface area contributed by atoms with Crippen LogP contribution in [-0.2, 0) is 0 Å². The Morgan fingerprint density at radius 2 is 2.06 bits per heavy atom. The first-order valence-electron chi connectivity index (χ1n) is 5.34. The molecule has 0 fully saturated rings. The van der Waals surface area contributed by atoms with Gasteiger partial charge < -0.3 is 10.5 Å². The summed E-state index contributed by atoms with van der Waals surface area (Å²) in [6.07, 6.45) is 1.53. The van der Waals surface area contributed by atoms with Crippen molar-refractivity contribution in [3.05, 3.63) is 28.4 Å². The summed E-state index contributed by atoms with van der Waals surface area (Å²) in [6, 6.07) is 1.86. The molecule has 0 aliphatic rings. The number of methoxy groups -OCH3 is 1. The van der Waals surface area contributed by atoms with Crippen molar-refractivity contribution < 1.29 is 4.74 Å². The highest BCUT2D eigenvalue weighted by Crippen LogP contribution is 2.37. The number of nitrogens with two attached hydrogens (primary N) is 1. The van der Waals surface area contributed by atoms with Gasteiger partial charge in [0.05, 0.1) is 19.0 Å². The van der Waals surface area contributed by atoms with E-state index in [0.717, 1.165) is 16.7 Å². The van der Waals surface area contributed by atoms with Crippen molar-refractivity contribution in [3.8, 4) is 17.0 Å². The molecule has 0 aliphatic heterocycles. The zero-order valence-corrected chi connectivity index (χ0v) is 11.1. The average molecular weight is 265 g/mol. The minimum absolute atomic E-state index is 0.116. The Kier molecular flexibility index (Phi) is 3.34. The van der Waals surface area contributed by atoms with Crippen LogP contribution in [0.15, 0.2) is 12.3 Å². The topological polar surface area (TPSA) is 73.9 Å². The average Bonchev–Trinajstić information content (AvgIpc) is 2.35. The summed E-state index contributed by atoms with van der Waals surface area (Å²) in [5.74, 6) is 0.806. The Morgan fingerprint density at radius 1 is 1.33 bits per heavy atom. The van der Waals surface area contributed by atoms with Gasteiger partial charge in [-0.15, -0.1) is 5.10 Å². The molecule has 2 rings (SSSR count). The van der Waals surface area contributed by atoms with Gasteiger partial charge in [0.1, 0.15) is 5.75 Å². The number of halogens is 1. The third kappa shape index (κ3) is 2.09. The molecule has 0 bridgehead atoms. The van der Waals surface area contributed by atoms with E-state index in [1.54, 1.807) is 7.11 Å². The van der Waals surface area contributed by atoms with E-state index in [4.69, 9.17) is 22.1 Å². The third-order valence-electron chi connectivity index (χ3n) is 2.70. The summed E-state index contributed by atoms with van der Waals surface area (Å²) in [7, 11) is 1.60. The fourth-order valence-corrected chi connectivity index (χ4v) is 1.99. The highest BCUT2D eigenvalue weighted by atomic mass is 35.5. The Labute approximate surface area is 110 Å². The van der Waals surface area contributed by atoms with E-state index in [0.29, 0.717) is 16.5 Å². The van der Waals surface area contributed by atoms with Gasteiger partial charge >= 0.3 is 0 Å². The molecule has 0 spiro atoms. The van der Waals surface area contributed by atoms with Gasteiger partial charge in [0.25, 0.3) is 0 Å². The highest BCUT2D eigenvalue weighted by molar-refractivity contribution is 6.32. The molecule has 1 heterocycles. The van der Waals surface area contributed by atoms with Crippen LogP contribution in [0.25, 0.3) is 11.3 Å². The van der Waals surface area contributed by atoms with Crippen molar-refractivity contribution in [2.45, 2.75) is 13.8 Å². The minimum atomic E-state index is 0.116. The largest absolute Gasteiger partial charge is 0.496 e. The van der Waals surface area contributed by atoms with E-state index in [1.807, 2.05) is 19.9 Å². The van der Waals surface area contributed by atoms with Crippen molar-refractivity contribution in [2.24, 2.45) is 0 Å². The second kappa shape index (κ2) is 4.78. The number of anilines is 1. The molecule has 0 unspecified atom stereocenters. The van der Waals surface area contributed by atoms with Crippen LogP contribution >= 0.6 is 11.6 Å². The Bertz CT molecular complexity index is 601. The second-order valence-corrected chi connectivity index (χ2v) is 4.29. The van der Waals surface area contributed by atoms with Crippen LogP contribution in [0.3, 0.4) is 0 Å². The number of hydrogen-bond donors (Lipinski definition) is 1. The van der Waals surface area contributed by atoms with Crippen molar-refractivity contribution in [1.82, 2.24) is 15.2 Å². The third-order valence-corrected chi connectivity index (χ3v) is 3.28. The lowest BCUT2D eigenvalue weighted by Crippen LogP contribution is -2.01. The molecular weight excluding hydrogens is 252 g/mol. The van der Waals surface area contributed by atoms with Crippen molar-refractivity contribution in [1.29, 1.82) is 0 Å². The van der Waals surface area contributed by atoms with Crippen LogP contribution in [0.1, 0.15) is 11.1 Å². The Hall–Kier alpha value is -1.88. The standard InChI is InChI=1S/C12H13ClN4O/c1-6-4-9(18-3)10(7(2)11(6)13)8-5-15-17-12(14)16-8/h4-5H,1-3H3,(H2,14,16,17). The number of nitrogen functional groups attached to an aromatic ring is 1. The fraction of sp³-hybridized carbons (Fsp3) is 0.250. The number of benzene rings is 1. The molecule has 1 aromatic heterocycles. The molecule has 2 aromatic rings. The summed E-state index contributed by atoms with van der Waals surface area (Å²) in [4.78, 5) is 4.15. The molecular formula is C12H13ClN4O. The lowest BCUT2D eigenvalue weighted by molar-refractivity contribution is 0.415. The zero-order valence-electron chi connectivity index (χ0n) is 10.4. The monoisotopic (exact) mass is 264 g/mol. The van der Waals surface area contributed by atoms with E-state index in [1.165, 1.54) is 6.20 Å². The lowest BCUT2D eigenvalue weighted by atomic mass is 10.0. The summed E-state index contributed by atoms with van der Waals surface area (Å²) < 4.78 is 5.37. The van der Waals surface area contributed by atoms with Gasteiger partial charge in [-0.1, -0.05) is 11.6 Å². The normalized spacial score (nSPS) is 10.4. The predicted molar refractivity (Wildman–Crippen MR) is 70.7 cm³/mol. The Balaban J connectivity index is 2.73. The van der Waals surface area contributed by atoms with E-state index in [9.17, 15) is 0 Å². The first-order chi connectivity index (χ1) is 8.54. The summed E-state index contributed by atoms with van der Waals surface area (Å²) in [6.45, 7) is 3.83. The lowest BCUT2D eigenvalue weighted by Gasteiger charge is -2.14. The summed E-state index contributed by atoms with van der Waals surface area (Å²) >= 11 is 6.25. The Morgan fingerprint density at radius 3 is 2.67 bits per heavy atom. The number of rotatable bonds is 2. The number of aromatic nitrogens is 3. The van der Waals surface area contributed by atoms with Gasteiger partial charge in [-0.3, -0.25) is 0 Å². The van der Waals surface area contributed by atoms with Gasteiger partial charge in [0.15, 0.2) is 0 Å². The molecule has 1 aromatic carbocycles. The first kappa shape index (κ1) is 12.6. The molecule has 6 heteroatoms. The molecule has 5 nitrogen and oxygen atoms in total. The van der Waals surface area contributed by atoms with Crippen molar-refractivity contribution in [3.63, 3.8) is 0 Å². The molecule has 0 radical (unpaired) electrons. The molecule has 18 heavy (non-hydrogen) atoms. The van der Waals surface area contributed by atoms with E-state index in [2.05, 4.69) is 15.2 Å². The second-order valence-electron chi connectivity index (χ2n) is 3.91. The molecule has 0 saturated heterocycles. The maximum Gasteiger partial charge on any atom is 0.240 e. The van der Waals surface area contributed by atoms with Crippen LogP contribution < -0.4 is 10.5 Å². The van der Waals surface area contributed by atoms with Crippen molar-refractivity contribution >= 4 is 17.5 Å². The van der Waals surface area contributed by atoms with Crippen LogP contribution in [0, 0.1) is 13.8 Å². The van der Waals surface area contributed by atoms with E-state index >= 15 is 0 Å². The zero-order chi connectivity index (χ0) is 13.3. The number of aryl methyl sites for hydroxylation is 1. The smallest absolute Gasteiger partial charge is 0.240 e. The summed E-state index contributed by atoms with van der Waals surface area (Å²) in [5.41, 5.74) is 8.76. The van der Waals surface area contributed by atoms with Crippen molar-refractivity contribution in [2.75, 3.05) is 12.8 Å². The quantitative estimate of drug-likeness (QED) is 0.902. The van der Waals surface area contributed by atoms with Gasteiger partial charge in [-0.25, -0.2) is 4.98 Å². The molecule has 0 amide bonds. The molecule has 2 N–H and O–H groups in total. The molecule has 0 aliphatic carbocycles. The van der Waals surface area contributed by atoms with Gasteiger partial charge in [-0.05, 0) is 31.0 Å². The SMILES string of the molecule is COc1cc(C)c(Cl)c(C)c1-c1cnnc(N)n1. The van der Waals surface area contributed by atoms with Crippen LogP contribution in [-0.4, -0.2) is 22.3 Å². The fourth-order valence-electron chi connectivity index (χ4n) is 1.84. The molecule has 94 valence electrons. The van der Waals surface area contributed by atoms with Crippen LogP contribution in [0.5, 0.6) is 5.75 Å². The van der Waals surface area contributed by atoms with Gasteiger partial charge in [-0.2, -0.15) is 5.10 Å². The van der Waals surface area contributed by atoms with E-state index < -0.39 is 0 Å². The maximum atomic E-state index is 6.25.